The third-order valence-electron chi connectivity index (χ3n) is 5.64. The fourth-order valence-corrected chi connectivity index (χ4v) is 3.11. The summed E-state index contributed by atoms with van der Waals surface area (Å²) in [7, 11) is 2.96. The zero-order valence-electron chi connectivity index (χ0n) is 21.4. The number of hydrogen-bond acceptors (Lipinski definition) is 7. The summed E-state index contributed by atoms with van der Waals surface area (Å²) in [6.45, 7) is 4.59. The molecular weight excluding hydrogens is 464 g/mol. The van der Waals surface area contributed by atoms with Crippen LogP contribution in [0.25, 0.3) is 0 Å². The third kappa shape index (κ3) is 9.67. The molecule has 196 valence electrons. The van der Waals surface area contributed by atoms with Crippen LogP contribution in [0.1, 0.15) is 25.0 Å². The minimum Gasteiger partial charge on any atom is -0.462 e. The van der Waals surface area contributed by atoms with Gasteiger partial charge in [-0.3, -0.25) is 9.69 Å². The molecule has 2 rings (SSSR count). The van der Waals surface area contributed by atoms with Gasteiger partial charge >= 0.3 is 12.1 Å². The number of carbonyl (C=O) groups is 3. The van der Waals surface area contributed by atoms with Crippen LogP contribution in [0, 0.1) is 0 Å². The van der Waals surface area contributed by atoms with Crippen molar-refractivity contribution in [3.8, 4) is 0 Å². The number of amides is 2. The molecule has 2 amide bonds. The largest absolute Gasteiger partial charge is 0.462 e. The van der Waals surface area contributed by atoms with Gasteiger partial charge in [0.05, 0.1) is 26.4 Å². The number of likely N-dealkylation sites (N-methyl/N-ethyl adjacent to an activating group) is 2. The lowest BCUT2D eigenvalue weighted by Gasteiger charge is -2.30. The Hall–Kier alpha value is -3.43. The first kappa shape index (κ1) is 28.8. The highest BCUT2D eigenvalue weighted by molar-refractivity contribution is 5.89. The van der Waals surface area contributed by atoms with Crippen LogP contribution in [0.2, 0.25) is 0 Å². The van der Waals surface area contributed by atoms with Gasteiger partial charge < -0.3 is 23.8 Å². The van der Waals surface area contributed by atoms with E-state index >= 15 is 0 Å². The van der Waals surface area contributed by atoms with Gasteiger partial charge in [-0.25, -0.2) is 9.59 Å². The Morgan fingerprint density at radius 2 is 1.14 bits per heavy atom. The number of rotatable bonds is 14. The summed E-state index contributed by atoms with van der Waals surface area (Å²) >= 11 is 0. The van der Waals surface area contributed by atoms with Crippen LogP contribution in [0.5, 0.6) is 0 Å². The van der Waals surface area contributed by atoms with Crippen molar-refractivity contribution < 1.29 is 33.3 Å². The van der Waals surface area contributed by atoms with Crippen molar-refractivity contribution in [2.24, 2.45) is 0 Å². The number of carbonyl (C=O) groups excluding carboxylic acids is 3. The van der Waals surface area contributed by atoms with E-state index in [1.807, 2.05) is 60.7 Å². The van der Waals surface area contributed by atoms with E-state index in [1.165, 1.54) is 23.9 Å². The minimum atomic E-state index is -0.836. The maximum Gasteiger partial charge on any atom is 0.410 e. The second kappa shape index (κ2) is 15.5. The highest BCUT2D eigenvalue weighted by Crippen LogP contribution is 2.08. The van der Waals surface area contributed by atoms with Gasteiger partial charge in [-0.05, 0) is 25.0 Å². The first-order valence-electron chi connectivity index (χ1n) is 11.9. The van der Waals surface area contributed by atoms with Crippen molar-refractivity contribution in [3.63, 3.8) is 0 Å². The maximum absolute atomic E-state index is 12.8. The Morgan fingerprint density at radius 1 is 0.667 bits per heavy atom. The molecule has 0 N–H and O–H groups in total. The van der Waals surface area contributed by atoms with Crippen molar-refractivity contribution in [2.75, 3.05) is 40.5 Å². The van der Waals surface area contributed by atoms with Gasteiger partial charge in [-0.15, -0.1) is 0 Å². The topological polar surface area (TPSA) is 94.6 Å². The summed E-state index contributed by atoms with van der Waals surface area (Å²) < 4.78 is 21.4. The lowest BCUT2D eigenvalue weighted by Crippen LogP contribution is -2.51. The summed E-state index contributed by atoms with van der Waals surface area (Å²) in [6, 6.07) is 17.7. The molecule has 0 saturated heterocycles. The average Bonchev–Trinajstić information content (AvgIpc) is 2.91. The summed E-state index contributed by atoms with van der Waals surface area (Å²) in [5, 5.41) is 0. The standard InChI is InChI=1S/C27H36N2O7/c1-21(29(4)27(32)36-18-16-34-20-24-13-9-6-10-14-24)25(30)28(3)22(2)26(31)35-17-15-33-19-23-11-7-5-8-12-23/h5-14,21-22H,15-20H2,1-4H3. The van der Waals surface area contributed by atoms with Crippen LogP contribution >= 0.6 is 0 Å². The van der Waals surface area contributed by atoms with E-state index in [0.29, 0.717) is 13.2 Å². The van der Waals surface area contributed by atoms with Gasteiger partial charge in [0, 0.05) is 14.1 Å². The zero-order chi connectivity index (χ0) is 26.3. The number of hydrogen-bond donors (Lipinski definition) is 0. The van der Waals surface area contributed by atoms with E-state index < -0.39 is 30.1 Å². The Morgan fingerprint density at radius 3 is 1.64 bits per heavy atom. The molecule has 9 heteroatoms. The summed E-state index contributed by atoms with van der Waals surface area (Å²) in [5.74, 6) is -0.971. The van der Waals surface area contributed by atoms with Crippen LogP contribution < -0.4 is 0 Å². The van der Waals surface area contributed by atoms with Crippen molar-refractivity contribution in [2.45, 2.75) is 39.1 Å². The lowest BCUT2D eigenvalue weighted by molar-refractivity contribution is -0.155. The molecule has 0 bridgehead atoms. The highest BCUT2D eigenvalue weighted by atomic mass is 16.6. The van der Waals surface area contributed by atoms with Crippen LogP contribution in [0.4, 0.5) is 4.79 Å². The average molecular weight is 501 g/mol. The number of nitrogens with zero attached hydrogens (tertiary/aromatic N) is 2. The molecule has 36 heavy (non-hydrogen) atoms. The second-order valence-corrected chi connectivity index (χ2v) is 8.27. The molecule has 9 nitrogen and oxygen atoms in total. The van der Waals surface area contributed by atoms with Crippen molar-refractivity contribution in [1.82, 2.24) is 9.80 Å². The van der Waals surface area contributed by atoms with Gasteiger partial charge in [-0.1, -0.05) is 60.7 Å². The van der Waals surface area contributed by atoms with E-state index in [-0.39, 0.29) is 26.4 Å². The van der Waals surface area contributed by atoms with Crippen molar-refractivity contribution >= 4 is 18.0 Å². The molecule has 0 aromatic heterocycles. The predicted octanol–water partition coefficient (Wildman–Crippen LogP) is 3.27. The molecule has 0 fully saturated rings. The molecule has 2 aromatic carbocycles. The van der Waals surface area contributed by atoms with E-state index in [1.54, 1.807) is 13.8 Å². The van der Waals surface area contributed by atoms with Gasteiger partial charge in [0.2, 0.25) is 5.91 Å². The number of esters is 1. The molecule has 2 unspecified atom stereocenters. The Kier molecular flexibility index (Phi) is 12.4. The molecule has 0 aliphatic rings. The van der Waals surface area contributed by atoms with E-state index in [2.05, 4.69) is 0 Å². The minimum absolute atomic E-state index is 0.0574. The monoisotopic (exact) mass is 500 g/mol. The Balaban J connectivity index is 1.66. The SMILES string of the molecule is CC(C(=O)N(C)C(C)C(=O)OCCOCc1ccccc1)N(C)C(=O)OCCOCc1ccccc1. The van der Waals surface area contributed by atoms with Crippen LogP contribution in [0.15, 0.2) is 60.7 Å². The molecule has 0 heterocycles. The van der Waals surface area contributed by atoms with Crippen molar-refractivity contribution in [3.05, 3.63) is 71.8 Å². The van der Waals surface area contributed by atoms with Gasteiger partial charge in [0.15, 0.2) is 0 Å². The molecule has 2 aromatic rings. The van der Waals surface area contributed by atoms with Crippen LogP contribution in [0.3, 0.4) is 0 Å². The number of benzene rings is 2. The van der Waals surface area contributed by atoms with Gasteiger partial charge in [0.25, 0.3) is 0 Å². The van der Waals surface area contributed by atoms with Gasteiger partial charge in [0.1, 0.15) is 25.3 Å². The van der Waals surface area contributed by atoms with Crippen molar-refractivity contribution in [1.29, 1.82) is 0 Å². The first-order chi connectivity index (χ1) is 17.3. The Bertz CT molecular complexity index is 864. The summed E-state index contributed by atoms with van der Waals surface area (Å²) in [6.07, 6.45) is -0.654. The second-order valence-electron chi connectivity index (χ2n) is 8.27. The quantitative estimate of drug-likeness (QED) is 0.290. The maximum atomic E-state index is 12.8. The summed E-state index contributed by atoms with van der Waals surface area (Å²) in [4.78, 5) is 39.9. The predicted molar refractivity (Wildman–Crippen MR) is 134 cm³/mol. The molecular formula is C27H36N2O7. The fourth-order valence-electron chi connectivity index (χ4n) is 3.11. The van der Waals surface area contributed by atoms with E-state index in [0.717, 1.165) is 11.1 Å². The van der Waals surface area contributed by atoms with E-state index in [9.17, 15) is 14.4 Å². The zero-order valence-corrected chi connectivity index (χ0v) is 21.4. The first-order valence-corrected chi connectivity index (χ1v) is 11.9. The molecule has 0 aliphatic carbocycles. The van der Waals surface area contributed by atoms with Gasteiger partial charge in [-0.2, -0.15) is 0 Å². The van der Waals surface area contributed by atoms with E-state index in [4.69, 9.17) is 18.9 Å². The van der Waals surface area contributed by atoms with Crippen LogP contribution in [-0.2, 0) is 41.8 Å². The number of ether oxygens (including phenoxy) is 4. The molecule has 0 aliphatic heterocycles. The fraction of sp³-hybridized carbons (Fsp3) is 0.444. The normalized spacial score (nSPS) is 12.3. The molecule has 0 saturated carbocycles. The lowest BCUT2D eigenvalue weighted by atomic mass is 10.2. The summed E-state index contributed by atoms with van der Waals surface area (Å²) in [5.41, 5.74) is 2.05. The molecule has 0 radical (unpaired) electrons. The Labute approximate surface area is 212 Å². The highest BCUT2D eigenvalue weighted by Gasteiger charge is 2.31. The molecule has 0 spiro atoms. The third-order valence-corrected chi connectivity index (χ3v) is 5.64. The smallest absolute Gasteiger partial charge is 0.410 e. The van der Waals surface area contributed by atoms with Crippen LogP contribution in [-0.4, -0.2) is 80.4 Å². The molecule has 2 atom stereocenters.